The Morgan fingerprint density at radius 1 is 1.36 bits per heavy atom. The third-order valence-electron chi connectivity index (χ3n) is 3.55. The Balaban J connectivity index is 1.77. The molecule has 1 atom stereocenters. The quantitative estimate of drug-likeness (QED) is 0.933. The van der Waals surface area contributed by atoms with Crippen molar-refractivity contribution in [1.82, 2.24) is 9.47 Å². The van der Waals surface area contributed by atoms with E-state index in [1.165, 1.54) is 11.3 Å². The van der Waals surface area contributed by atoms with E-state index in [1.54, 1.807) is 4.90 Å². The molecule has 1 amide bonds. The lowest BCUT2D eigenvalue weighted by molar-refractivity contribution is -0.141. The first-order chi connectivity index (χ1) is 10.6. The molecule has 116 valence electrons. The number of thiophene rings is 1. The summed E-state index contributed by atoms with van der Waals surface area (Å²) in [5.74, 6) is -0.985. The minimum Gasteiger partial charge on any atom is -0.481 e. The highest BCUT2D eigenvalue weighted by molar-refractivity contribution is 7.12. The Bertz CT molecular complexity index is 665. The highest BCUT2D eigenvalue weighted by Crippen LogP contribution is 2.24. The van der Waals surface area contributed by atoms with Crippen molar-refractivity contribution in [2.24, 2.45) is 0 Å². The average molecular weight is 320 g/mol. The number of carboxylic acids is 1. The van der Waals surface area contributed by atoms with Gasteiger partial charge in [-0.2, -0.15) is 0 Å². The zero-order valence-corrected chi connectivity index (χ0v) is 12.7. The van der Waals surface area contributed by atoms with Gasteiger partial charge in [-0.25, -0.2) is 0 Å². The van der Waals surface area contributed by atoms with Crippen LogP contribution >= 0.6 is 11.3 Å². The number of morpholine rings is 1. The minimum absolute atomic E-state index is 0.0719. The van der Waals surface area contributed by atoms with Crippen LogP contribution in [-0.4, -0.2) is 52.3 Å². The standard InChI is InChI=1S/C15H16N2O4S/c18-13(19)9-11-10-17(6-7-21-11)15(20)14-12(3-8-22-14)16-4-1-2-5-16/h1-5,8,11H,6-7,9-10H2,(H,18,19)/t11-/m0/s1. The lowest BCUT2D eigenvalue weighted by Gasteiger charge is -2.32. The topological polar surface area (TPSA) is 71.8 Å². The molecule has 3 rings (SSSR count). The molecule has 1 fully saturated rings. The molecule has 0 bridgehead atoms. The zero-order chi connectivity index (χ0) is 15.5. The SMILES string of the molecule is O=C(O)C[C@H]1CN(C(=O)c2sccc2-n2cccc2)CCO1. The molecular formula is C15H16N2O4S. The Labute approximate surface area is 131 Å². The molecule has 1 saturated heterocycles. The number of aliphatic carboxylic acids is 1. The second-order valence-electron chi connectivity index (χ2n) is 5.07. The zero-order valence-electron chi connectivity index (χ0n) is 11.8. The number of hydrogen-bond donors (Lipinski definition) is 1. The molecule has 22 heavy (non-hydrogen) atoms. The van der Waals surface area contributed by atoms with Crippen molar-refractivity contribution in [2.45, 2.75) is 12.5 Å². The van der Waals surface area contributed by atoms with E-state index in [2.05, 4.69) is 0 Å². The van der Waals surface area contributed by atoms with Crippen LogP contribution in [0, 0.1) is 0 Å². The summed E-state index contributed by atoms with van der Waals surface area (Å²) in [6.45, 7) is 1.17. The molecular weight excluding hydrogens is 304 g/mol. The number of ether oxygens (including phenoxy) is 1. The van der Waals surface area contributed by atoms with E-state index < -0.39 is 12.1 Å². The summed E-state index contributed by atoms with van der Waals surface area (Å²) < 4.78 is 7.31. The highest BCUT2D eigenvalue weighted by atomic mass is 32.1. The number of carboxylic acid groups (broad SMARTS) is 1. The summed E-state index contributed by atoms with van der Waals surface area (Å²) in [7, 11) is 0. The number of carbonyl (C=O) groups excluding carboxylic acids is 1. The van der Waals surface area contributed by atoms with Crippen molar-refractivity contribution in [1.29, 1.82) is 0 Å². The molecule has 0 unspecified atom stereocenters. The monoisotopic (exact) mass is 320 g/mol. The maximum absolute atomic E-state index is 12.7. The Morgan fingerprint density at radius 2 is 2.14 bits per heavy atom. The summed E-state index contributed by atoms with van der Waals surface area (Å²) in [5, 5.41) is 10.7. The molecule has 1 N–H and O–H groups in total. The second kappa shape index (κ2) is 6.33. The maximum atomic E-state index is 12.7. The summed E-state index contributed by atoms with van der Waals surface area (Å²) >= 11 is 1.40. The van der Waals surface area contributed by atoms with Crippen LogP contribution in [0.1, 0.15) is 16.1 Å². The van der Waals surface area contributed by atoms with Crippen LogP contribution in [0.4, 0.5) is 0 Å². The third-order valence-corrected chi connectivity index (χ3v) is 4.44. The molecule has 7 heteroatoms. The maximum Gasteiger partial charge on any atom is 0.306 e. The normalized spacial score (nSPS) is 18.4. The van der Waals surface area contributed by atoms with E-state index in [-0.39, 0.29) is 12.3 Å². The van der Waals surface area contributed by atoms with Crippen LogP contribution in [0.15, 0.2) is 36.0 Å². The number of rotatable bonds is 4. The van der Waals surface area contributed by atoms with Gasteiger partial charge in [-0.1, -0.05) is 0 Å². The fraction of sp³-hybridized carbons (Fsp3) is 0.333. The fourth-order valence-electron chi connectivity index (χ4n) is 2.53. The molecule has 2 aromatic rings. The number of hydrogen-bond acceptors (Lipinski definition) is 4. The van der Waals surface area contributed by atoms with E-state index in [0.29, 0.717) is 24.6 Å². The van der Waals surface area contributed by atoms with E-state index in [4.69, 9.17) is 9.84 Å². The predicted octanol–water partition coefficient (Wildman–Crippen LogP) is 1.85. The van der Waals surface area contributed by atoms with Gasteiger partial charge in [-0.3, -0.25) is 9.59 Å². The van der Waals surface area contributed by atoms with Crippen molar-refractivity contribution in [3.8, 4) is 5.69 Å². The van der Waals surface area contributed by atoms with E-state index >= 15 is 0 Å². The van der Waals surface area contributed by atoms with Crippen molar-refractivity contribution in [2.75, 3.05) is 19.7 Å². The first-order valence-electron chi connectivity index (χ1n) is 6.98. The van der Waals surface area contributed by atoms with Gasteiger partial charge >= 0.3 is 5.97 Å². The number of aromatic nitrogens is 1. The van der Waals surface area contributed by atoms with E-state index in [1.807, 2.05) is 40.5 Å². The largest absolute Gasteiger partial charge is 0.481 e. The summed E-state index contributed by atoms with van der Waals surface area (Å²) in [4.78, 5) is 25.9. The molecule has 0 radical (unpaired) electrons. The van der Waals surface area contributed by atoms with Crippen molar-refractivity contribution in [3.05, 3.63) is 40.8 Å². The van der Waals surface area contributed by atoms with Gasteiger partial charge in [0.15, 0.2) is 0 Å². The first kappa shape index (κ1) is 14.8. The van der Waals surface area contributed by atoms with Gasteiger partial charge in [0, 0.05) is 25.5 Å². The molecule has 0 saturated carbocycles. The van der Waals surface area contributed by atoms with Crippen LogP contribution in [0.2, 0.25) is 0 Å². The molecule has 1 aliphatic rings. The van der Waals surface area contributed by atoms with Crippen molar-refractivity contribution < 1.29 is 19.4 Å². The lowest BCUT2D eigenvalue weighted by atomic mass is 10.2. The second-order valence-corrected chi connectivity index (χ2v) is 5.98. The Hall–Kier alpha value is -2.12. The van der Waals surface area contributed by atoms with Crippen LogP contribution in [-0.2, 0) is 9.53 Å². The van der Waals surface area contributed by atoms with Gasteiger partial charge in [-0.15, -0.1) is 11.3 Å². The van der Waals surface area contributed by atoms with Gasteiger partial charge in [0.25, 0.3) is 5.91 Å². The minimum atomic E-state index is -0.913. The number of carbonyl (C=O) groups is 2. The molecule has 0 aromatic carbocycles. The Morgan fingerprint density at radius 3 is 2.86 bits per heavy atom. The highest BCUT2D eigenvalue weighted by Gasteiger charge is 2.28. The number of nitrogens with zero attached hydrogens (tertiary/aromatic N) is 2. The van der Waals surface area contributed by atoms with Crippen molar-refractivity contribution in [3.63, 3.8) is 0 Å². The smallest absolute Gasteiger partial charge is 0.306 e. The predicted molar refractivity (Wildman–Crippen MR) is 81.5 cm³/mol. The Kier molecular flexibility index (Phi) is 4.26. The summed E-state index contributed by atoms with van der Waals surface area (Å²) in [5.41, 5.74) is 0.848. The van der Waals surface area contributed by atoms with Crippen LogP contribution in [0.25, 0.3) is 5.69 Å². The molecule has 0 spiro atoms. The lowest BCUT2D eigenvalue weighted by Crippen LogP contribution is -2.46. The van der Waals surface area contributed by atoms with Crippen molar-refractivity contribution >= 4 is 23.2 Å². The molecule has 2 aromatic heterocycles. The van der Waals surface area contributed by atoms with Gasteiger partial charge < -0.3 is 19.3 Å². The van der Waals surface area contributed by atoms with Crippen LogP contribution in [0.3, 0.4) is 0 Å². The molecule has 3 heterocycles. The van der Waals surface area contributed by atoms with Gasteiger partial charge in [-0.05, 0) is 23.6 Å². The van der Waals surface area contributed by atoms with E-state index in [9.17, 15) is 9.59 Å². The fourth-order valence-corrected chi connectivity index (χ4v) is 3.38. The summed E-state index contributed by atoms with van der Waals surface area (Å²) in [6, 6.07) is 5.72. The first-order valence-corrected chi connectivity index (χ1v) is 7.86. The molecule has 0 aliphatic carbocycles. The summed E-state index contributed by atoms with van der Waals surface area (Å²) in [6.07, 6.45) is 3.26. The van der Waals surface area contributed by atoms with Gasteiger partial charge in [0.05, 0.1) is 24.8 Å². The molecule has 6 nitrogen and oxygen atoms in total. The van der Waals surface area contributed by atoms with Crippen LogP contribution < -0.4 is 0 Å². The van der Waals surface area contributed by atoms with Gasteiger partial charge in [0.1, 0.15) is 4.88 Å². The van der Waals surface area contributed by atoms with Crippen LogP contribution in [0.5, 0.6) is 0 Å². The third kappa shape index (κ3) is 3.05. The van der Waals surface area contributed by atoms with E-state index in [0.717, 1.165) is 5.69 Å². The van der Waals surface area contributed by atoms with Gasteiger partial charge in [0.2, 0.25) is 0 Å². The molecule has 1 aliphatic heterocycles. The number of amides is 1. The average Bonchev–Trinajstić information content (AvgIpc) is 3.16.